The summed E-state index contributed by atoms with van der Waals surface area (Å²) in [6.45, 7) is 0. The number of nitrogens with two attached hydrogens (primary N) is 1. The Kier molecular flexibility index (Phi) is 3.12. The quantitative estimate of drug-likeness (QED) is 0.742. The van der Waals surface area contributed by atoms with Crippen LogP contribution in [0.2, 0.25) is 0 Å². The third kappa shape index (κ3) is 2.41. The molecule has 0 saturated heterocycles. The molecule has 0 unspecified atom stereocenters. The van der Waals surface area contributed by atoms with Gasteiger partial charge in [-0.05, 0) is 11.4 Å². The van der Waals surface area contributed by atoms with Gasteiger partial charge in [-0.2, -0.15) is 9.78 Å². The van der Waals surface area contributed by atoms with Gasteiger partial charge in [-0.15, -0.1) is 11.3 Å². The molecule has 3 aromatic rings. The van der Waals surface area contributed by atoms with E-state index in [1.165, 1.54) is 0 Å². The lowest BCUT2D eigenvalue weighted by Gasteiger charge is -2.03. The molecule has 3 rings (SSSR count). The number of rotatable bonds is 3. The summed E-state index contributed by atoms with van der Waals surface area (Å²) in [6, 6.07) is 13.9. The molecule has 0 saturated carbocycles. The second-order valence-electron chi connectivity index (χ2n) is 3.94. The number of imidazole rings is 1. The molecule has 2 N–H and O–H groups in total. The predicted molar refractivity (Wildman–Crippen MR) is 79.4 cm³/mol. The van der Waals surface area contributed by atoms with Gasteiger partial charge in [-0.3, -0.25) is 0 Å². The van der Waals surface area contributed by atoms with Crippen molar-refractivity contribution in [3.8, 4) is 11.3 Å². The van der Waals surface area contributed by atoms with Crippen LogP contribution in [0.25, 0.3) is 11.3 Å². The van der Waals surface area contributed by atoms with Gasteiger partial charge < -0.3 is 5.73 Å². The predicted octanol–water partition coefficient (Wildman–Crippen LogP) is 3.08. The van der Waals surface area contributed by atoms with Crippen molar-refractivity contribution in [1.29, 1.82) is 0 Å². The number of anilines is 1. The molecule has 19 heavy (non-hydrogen) atoms. The minimum absolute atomic E-state index is 0.381. The summed E-state index contributed by atoms with van der Waals surface area (Å²) in [5.41, 5.74) is 7.78. The first kappa shape index (κ1) is 11.7. The molecule has 0 atom stereocenters. The smallest absolute Gasteiger partial charge is 0.221 e. The maximum atomic E-state index is 5.86. The Bertz CT molecular complexity index is 684. The van der Waals surface area contributed by atoms with Crippen molar-refractivity contribution in [2.75, 3.05) is 5.73 Å². The lowest BCUT2D eigenvalue weighted by Crippen LogP contribution is -1.99. The van der Waals surface area contributed by atoms with Gasteiger partial charge in [0.1, 0.15) is 0 Å². The first-order valence-electron chi connectivity index (χ1n) is 5.81. The molecule has 0 aliphatic rings. The Hall–Kier alpha value is -2.40. The molecular weight excluding hydrogens is 256 g/mol. The minimum atomic E-state index is 0.381. The standard InChI is InChI=1S/C14H12N4S/c15-14-16-10-13(11-5-2-1-3-6-11)18(14)17-9-12-7-4-8-19-12/h1-10H,(H2,15,16). The molecule has 94 valence electrons. The largest absolute Gasteiger partial charge is 0.368 e. The molecule has 2 aromatic heterocycles. The SMILES string of the molecule is Nc1ncc(-c2ccccc2)n1N=Cc1cccs1. The van der Waals surface area contributed by atoms with Crippen LogP contribution in [-0.2, 0) is 0 Å². The average molecular weight is 268 g/mol. The molecule has 0 aliphatic carbocycles. The van der Waals surface area contributed by atoms with E-state index in [0.29, 0.717) is 5.95 Å². The fraction of sp³-hybridized carbons (Fsp3) is 0. The molecule has 2 heterocycles. The zero-order valence-electron chi connectivity index (χ0n) is 10.1. The van der Waals surface area contributed by atoms with Gasteiger partial charge >= 0.3 is 0 Å². The van der Waals surface area contributed by atoms with Gasteiger partial charge in [0.15, 0.2) is 0 Å². The molecule has 0 aliphatic heterocycles. The normalized spacial score (nSPS) is 11.2. The van der Waals surface area contributed by atoms with Crippen LogP contribution < -0.4 is 5.73 Å². The molecule has 1 aromatic carbocycles. The molecule has 0 amide bonds. The van der Waals surface area contributed by atoms with Gasteiger partial charge in [0.05, 0.1) is 18.1 Å². The first-order valence-corrected chi connectivity index (χ1v) is 6.69. The van der Waals surface area contributed by atoms with Crippen molar-refractivity contribution in [3.63, 3.8) is 0 Å². The number of aromatic nitrogens is 2. The summed E-state index contributed by atoms with van der Waals surface area (Å²) in [4.78, 5) is 5.20. The Balaban J connectivity index is 2.00. The Morgan fingerprint density at radius 1 is 1.16 bits per heavy atom. The summed E-state index contributed by atoms with van der Waals surface area (Å²) in [5.74, 6) is 0.381. The van der Waals surface area contributed by atoms with E-state index in [-0.39, 0.29) is 0 Å². The van der Waals surface area contributed by atoms with Gasteiger partial charge in [0.2, 0.25) is 5.95 Å². The Labute approximate surface area is 114 Å². The lowest BCUT2D eigenvalue weighted by atomic mass is 10.2. The molecule has 5 heteroatoms. The van der Waals surface area contributed by atoms with Crippen LogP contribution in [0.3, 0.4) is 0 Å². The zero-order chi connectivity index (χ0) is 13.1. The summed E-state index contributed by atoms with van der Waals surface area (Å²) >= 11 is 1.63. The average Bonchev–Trinajstić information content (AvgIpc) is 3.07. The number of nitrogens with zero attached hydrogens (tertiary/aromatic N) is 3. The van der Waals surface area contributed by atoms with E-state index in [0.717, 1.165) is 16.1 Å². The van der Waals surface area contributed by atoms with Crippen molar-refractivity contribution in [3.05, 3.63) is 58.9 Å². The van der Waals surface area contributed by atoms with Crippen LogP contribution in [0.5, 0.6) is 0 Å². The van der Waals surface area contributed by atoms with E-state index in [4.69, 9.17) is 5.73 Å². The second kappa shape index (κ2) is 5.07. The highest BCUT2D eigenvalue weighted by Crippen LogP contribution is 2.21. The van der Waals surface area contributed by atoms with Crippen LogP contribution in [0.4, 0.5) is 5.95 Å². The van der Waals surface area contributed by atoms with E-state index in [2.05, 4.69) is 10.1 Å². The van der Waals surface area contributed by atoms with Crippen LogP contribution in [0, 0.1) is 0 Å². The van der Waals surface area contributed by atoms with Crippen molar-refractivity contribution in [2.24, 2.45) is 5.10 Å². The van der Waals surface area contributed by atoms with E-state index in [1.54, 1.807) is 28.4 Å². The van der Waals surface area contributed by atoms with Crippen molar-refractivity contribution in [2.45, 2.75) is 0 Å². The number of hydrogen-bond donors (Lipinski definition) is 1. The van der Waals surface area contributed by atoms with Crippen molar-refractivity contribution >= 4 is 23.5 Å². The van der Waals surface area contributed by atoms with Crippen molar-refractivity contribution < 1.29 is 0 Å². The van der Waals surface area contributed by atoms with Crippen molar-refractivity contribution in [1.82, 2.24) is 9.66 Å². The Morgan fingerprint density at radius 3 is 2.74 bits per heavy atom. The van der Waals surface area contributed by atoms with Gasteiger partial charge in [0, 0.05) is 10.4 Å². The molecule has 0 spiro atoms. The first-order chi connectivity index (χ1) is 9.34. The monoisotopic (exact) mass is 268 g/mol. The molecule has 0 bridgehead atoms. The fourth-order valence-electron chi connectivity index (χ4n) is 1.77. The summed E-state index contributed by atoms with van der Waals surface area (Å²) < 4.78 is 1.65. The van der Waals surface area contributed by atoms with E-state index >= 15 is 0 Å². The lowest BCUT2D eigenvalue weighted by molar-refractivity contribution is 0.906. The number of benzene rings is 1. The zero-order valence-corrected chi connectivity index (χ0v) is 10.9. The second-order valence-corrected chi connectivity index (χ2v) is 4.92. The van der Waals surface area contributed by atoms with Crippen LogP contribution in [0.1, 0.15) is 4.88 Å². The third-order valence-corrected chi connectivity index (χ3v) is 3.48. The Morgan fingerprint density at radius 2 is 2.00 bits per heavy atom. The van der Waals surface area contributed by atoms with E-state index in [9.17, 15) is 0 Å². The highest BCUT2D eigenvalue weighted by atomic mass is 32.1. The van der Waals surface area contributed by atoms with Gasteiger partial charge in [-0.1, -0.05) is 36.4 Å². The van der Waals surface area contributed by atoms with Crippen LogP contribution >= 0.6 is 11.3 Å². The highest BCUT2D eigenvalue weighted by Gasteiger charge is 2.07. The maximum absolute atomic E-state index is 5.86. The van der Waals surface area contributed by atoms with E-state index in [1.807, 2.05) is 47.8 Å². The van der Waals surface area contributed by atoms with Crippen LogP contribution in [-0.4, -0.2) is 15.9 Å². The molecule has 4 nitrogen and oxygen atoms in total. The summed E-state index contributed by atoms with van der Waals surface area (Å²) in [5, 5.41) is 6.41. The highest BCUT2D eigenvalue weighted by molar-refractivity contribution is 7.11. The molecule has 0 fully saturated rings. The molecule has 0 radical (unpaired) electrons. The number of nitrogen functional groups attached to an aromatic ring is 1. The molecular formula is C14H12N4S. The van der Waals surface area contributed by atoms with Gasteiger partial charge in [0.25, 0.3) is 0 Å². The number of hydrogen-bond acceptors (Lipinski definition) is 4. The number of thiophene rings is 1. The minimum Gasteiger partial charge on any atom is -0.368 e. The summed E-state index contributed by atoms with van der Waals surface area (Å²) in [7, 11) is 0. The topological polar surface area (TPSA) is 56.2 Å². The maximum Gasteiger partial charge on any atom is 0.221 e. The third-order valence-electron chi connectivity index (χ3n) is 2.68. The fourth-order valence-corrected chi connectivity index (χ4v) is 2.35. The van der Waals surface area contributed by atoms with Crippen LogP contribution in [0.15, 0.2) is 59.1 Å². The van der Waals surface area contributed by atoms with Gasteiger partial charge in [-0.25, -0.2) is 4.98 Å². The van der Waals surface area contributed by atoms with E-state index < -0.39 is 0 Å². The summed E-state index contributed by atoms with van der Waals surface area (Å²) in [6.07, 6.45) is 3.52.